The fourth-order valence-electron chi connectivity index (χ4n) is 7.76. The minimum absolute atomic E-state index is 0.0556. The number of anilines is 1. The molecule has 9 unspecified atom stereocenters. The zero-order chi connectivity index (χ0) is 44.1. The molecule has 0 saturated heterocycles. The van der Waals surface area contributed by atoms with Gasteiger partial charge in [0.2, 0.25) is 0 Å². The average molecular weight is 824 g/mol. The van der Waals surface area contributed by atoms with Gasteiger partial charge in [-0.25, -0.2) is 0 Å². The molecule has 15 heteroatoms. The van der Waals surface area contributed by atoms with Crippen LogP contribution in [0.25, 0.3) is 10.8 Å². The van der Waals surface area contributed by atoms with Gasteiger partial charge in [-0.2, -0.15) is 5.10 Å². The van der Waals surface area contributed by atoms with Gasteiger partial charge in [-0.05, 0) is 32.8 Å². The maximum absolute atomic E-state index is 14.4. The largest absolute Gasteiger partial charge is 0.507 e. The number of phenols is 3. The number of phenolic OH excluding ortho intramolecular Hbond substituents is 3. The molecule has 0 aliphatic carbocycles. The molecule has 3 aliphatic rings. The number of Topliss-reactive ketones (excluding diaryl/α,β-unsaturated/α-hetero) is 1. The third kappa shape index (κ3) is 9.53. The zero-order valence-electron chi connectivity index (χ0n) is 35.9. The Morgan fingerprint density at radius 1 is 0.949 bits per heavy atom. The number of nitrogens with one attached hydrogen (secondary N) is 1. The molecule has 0 saturated carbocycles. The van der Waals surface area contributed by atoms with E-state index in [0.717, 1.165) is 12.8 Å². The lowest BCUT2D eigenvalue weighted by Gasteiger charge is -2.38. The number of aliphatic hydroxyl groups excluding tert-OH is 2. The zero-order valence-corrected chi connectivity index (χ0v) is 35.9. The molecule has 0 spiro atoms. The van der Waals surface area contributed by atoms with Crippen LogP contribution in [0.1, 0.15) is 96.6 Å². The van der Waals surface area contributed by atoms with Crippen LogP contribution < -0.4 is 10.1 Å². The van der Waals surface area contributed by atoms with E-state index in [1.807, 2.05) is 13.8 Å². The number of carbonyl (C=O) groups excluding carboxylic acids is 3. The van der Waals surface area contributed by atoms with E-state index in [-0.39, 0.29) is 44.5 Å². The number of aliphatic hydroxyl groups is 2. The second-order valence-corrected chi connectivity index (χ2v) is 15.8. The van der Waals surface area contributed by atoms with E-state index < -0.39 is 88.8 Å². The summed E-state index contributed by atoms with van der Waals surface area (Å²) in [6, 6.07) is 0. The summed E-state index contributed by atoms with van der Waals surface area (Å²) in [5.41, 5.74) is -0.354. The fraction of sp³-hybridized carbons (Fsp3) is 0.545. The summed E-state index contributed by atoms with van der Waals surface area (Å²) in [7, 11) is 1.44. The van der Waals surface area contributed by atoms with E-state index >= 15 is 0 Å². The Morgan fingerprint density at radius 2 is 1.59 bits per heavy atom. The number of rotatable bonds is 8. The van der Waals surface area contributed by atoms with Gasteiger partial charge >= 0.3 is 11.8 Å². The van der Waals surface area contributed by atoms with Crippen molar-refractivity contribution in [1.82, 2.24) is 5.01 Å². The molecule has 3 heterocycles. The summed E-state index contributed by atoms with van der Waals surface area (Å²) in [6.07, 6.45) is 6.38. The molecule has 5 bridgehead atoms. The van der Waals surface area contributed by atoms with Gasteiger partial charge in [0, 0.05) is 74.2 Å². The fourth-order valence-corrected chi connectivity index (χ4v) is 7.76. The summed E-state index contributed by atoms with van der Waals surface area (Å²) in [5.74, 6) is -8.35. The molecule has 0 fully saturated rings. The highest BCUT2D eigenvalue weighted by atomic mass is 16.7. The van der Waals surface area contributed by atoms with Crippen molar-refractivity contribution in [2.24, 2.45) is 28.8 Å². The molecular formula is C44H61N3O12. The average Bonchev–Trinajstić information content (AvgIpc) is 3.46. The lowest BCUT2D eigenvalue weighted by Crippen LogP contribution is -2.46. The number of methoxy groups -OCH3 is 1. The minimum Gasteiger partial charge on any atom is -0.507 e. The highest BCUT2D eigenvalue weighted by Gasteiger charge is 2.50. The van der Waals surface area contributed by atoms with Crippen molar-refractivity contribution >= 4 is 40.3 Å². The third-order valence-electron chi connectivity index (χ3n) is 11.3. The number of hydrogen-bond acceptors (Lipinski definition) is 14. The van der Waals surface area contributed by atoms with Crippen molar-refractivity contribution in [3.8, 4) is 23.0 Å². The number of aromatic hydroxyl groups is 3. The first-order valence-electron chi connectivity index (χ1n) is 20.1. The molecule has 9 atom stereocenters. The van der Waals surface area contributed by atoms with Gasteiger partial charge in [0.15, 0.2) is 5.75 Å². The number of hydrogen-bond donors (Lipinski definition) is 6. The molecule has 0 aromatic heterocycles. The second kappa shape index (κ2) is 19.3. The predicted molar refractivity (Wildman–Crippen MR) is 224 cm³/mol. The van der Waals surface area contributed by atoms with Crippen LogP contribution in [0.3, 0.4) is 0 Å². The molecular weight excluding hydrogens is 762 g/mol. The Labute approximate surface area is 346 Å². The molecule has 6 N–H and O–H groups in total. The van der Waals surface area contributed by atoms with Gasteiger partial charge in [-0.3, -0.25) is 19.4 Å². The third-order valence-corrected chi connectivity index (χ3v) is 11.3. The van der Waals surface area contributed by atoms with Crippen LogP contribution >= 0.6 is 0 Å². The number of hydrazone groups is 1. The number of benzene rings is 2. The van der Waals surface area contributed by atoms with Crippen LogP contribution in [0, 0.1) is 30.6 Å². The first kappa shape index (κ1) is 46.6. The predicted octanol–water partition coefficient (Wildman–Crippen LogP) is 6.21. The van der Waals surface area contributed by atoms with Crippen LogP contribution in [0.15, 0.2) is 41.2 Å². The normalized spacial score (nSPS) is 29.2. The minimum atomic E-state index is -2.04. The van der Waals surface area contributed by atoms with Crippen LogP contribution in [0.2, 0.25) is 0 Å². The van der Waals surface area contributed by atoms with Gasteiger partial charge in [-0.1, -0.05) is 59.8 Å². The van der Waals surface area contributed by atoms with Crippen LogP contribution in [0.4, 0.5) is 5.69 Å². The van der Waals surface area contributed by atoms with E-state index in [2.05, 4.69) is 10.4 Å². The van der Waals surface area contributed by atoms with E-state index in [1.54, 1.807) is 44.9 Å². The van der Waals surface area contributed by atoms with E-state index in [9.17, 15) is 39.9 Å². The number of carbonyl (C=O) groups is 3. The number of ether oxygens (including phenoxy) is 4. The molecule has 2 aromatic carbocycles. The van der Waals surface area contributed by atoms with E-state index in [1.165, 1.54) is 59.4 Å². The van der Waals surface area contributed by atoms with Crippen LogP contribution in [0.5, 0.6) is 23.0 Å². The van der Waals surface area contributed by atoms with Crippen molar-refractivity contribution in [1.29, 1.82) is 0 Å². The molecule has 2 aromatic rings. The first-order valence-corrected chi connectivity index (χ1v) is 20.1. The number of esters is 1. The SMILES string of the molecule is CCCN(CCC)/N=C/c1c2c(O)c3c(O)c(C)c4c(c3c1O)C(=O)C(C)(O/C=C/C(OC)C(C)C(OC(C)=O)C(C)C(O)C(C)C(O)C(C)/C=C/C=C(C)C(=O)N2)O4. The summed E-state index contributed by atoms with van der Waals surface area (Å²) >= 11 is 0. The lowest BCUT2D eigenvalue weighted by molar-refractivity contribution is -0.160. The molecule has 0 radical (unpaired) electrons. The van der Waals surface area contributed by atoms with Crippen LogP contribution in [-0.2, 0) is 23.8 Å². The Morgan fingerprint density at radius 3 is 2.19 bits per heavy atom. The first-order chi connectivity index (χ1) is 27.8. The summed E-state index contributed by atoms with van der Waals surface area (Å²) in [6.45, 7) is 17.6. The maximum atomic E-state index is 14.4. The van der Waals surface area contributed by atoms with Gasteiger partial charge < -0.3 is 49.8 Å². The number of allylic oxidation sites excluding steroid dienone is 2. The smallest absolute Gasteiger partial charge is 0.312 e. The van der Waals surface area contributed by atoms with Crippen molar-refractivity contribution < 1.29 is 58.9 Å². The van der Waals surface area contributed by atoms with Crippen LogP contribution in [-0.4, -0.2) is 105 Å². The molecule has 324 valence electrons. The van der Waals surface area contributed by atoms with Crippen molar-refractivity contribution in [3.05, 3.63) is 52.8 Å². The van der Waals surface area contributed by atoms with Gasteiger partial charge in [-0.15, -0.1) is 0 Å². The summed E-state index contributed by atoms with van der Waals surface area (Å²) < 4.78 is 23.6. The topological polar surface area (TPSA) is 217 Å². The quantitative estimate of drug-likeness (QED) is 0.0575. The summed E-state index contributed by atoms with van der Waals surface area (Å²) in [5, 5.41) is 66.9. The summed E-state index contributed by atoms with van der Waals surface area (Å²) in [4.78, 5) is 40.5. The van der Waals surface area contributed by atoms with Gasteiger partial charge in [0.1, 0.15) is 23.4 Å². The molecule has 1 amide bonds. The van der Waals surface area contributed by atoms with Crippen molar-refractivity contribution in [2.45, 2.75) is 112 Å². The number of ketones is 1. The number of amides is 1. The number of fused-ring (bicyclic) bond motifs is 14. The van der Waals surface area contributed by atoms with Gasteiger partial charge in [0.25, 0.3) is 11.7 Å². The lowest BCUT2D eigenvalue weighted by atomic mass is 9.78. The highest BCUT2D eigenvalue weighted by molar-refractivity contribution is 6.23. The Balaban J connectivity index is 2.00. The molecule has 59 heavy (non-hydrogen) atoms. The van der Waals surface area contributed by atoms with Gasteiger partial charge in [0.05, 0.1) is 53.0 Å². The molecule has 15 nitrogen and oxygen atoms in total. The second-order valence-electron chi connectivity index (χ2n) is 15.8. The van der Waals surface area contributed by atoms with Crippen molar-refractivity contribution in [2.75, 3.05) is 25.5 Å². The molecule has 5 rings (SSSR count). The Kier molecular flexibility index (Phi) is 15.2. The highest BCUT2D eigenvalue weighted by Crippen LogP contribution is 2.55. The van der Waals surface area contributed by atoms with E-state index in [4.69, 9.17) is 18.9 Å². The molecule has 3 aliphatic heterocycles. The number of nitrogens with zero attached hydrogens (tertiary/aromatic N) is 2. The maximum Gasteiger partial charge on any atom is 0.312 e. The van der Waals surface area contributed by atoms with E-state index in [0.29, 0.717) is 13.1 Å². The Hall–Kier alpha value is -5.12. The Bertz CT molecular complexity index is 2020. The van der Waals surface area contributed by atoms with Crippen molar-refractivity contribution in [3.63, 3.8) is 0 Å². The monoisotopic (exact) mass is 823 g/mol. The standard InChI is InChI=1S/C44H61N3O12/c1-12-18-47(19-13-2)45-21-29-34-39(53)32-31(38(29)52)33-41(27(8)37(32)51)59-44(10,42(33)54)57-20-17-30(56-11)24(5)40(58-28(9)48)26(7)36(50)25(6)35(49)22(3)15-14-16-23(4)43(55)46-34/h14-17,20-22,24-26,30,35-36,40,49-53H,12-13,18-19H2,1-11H3,(H,46,55)/b15-14+,20-17+,23-16?,45-21+.